The number of ether oxygens (including phenoxy) is 1. The maximum Gasteiger partial charge on any atom is 0.235 e. The van der Waals surface area contributed by atoms with Crippen molar-refractivity contribution in [3.63, 3.8) is 0 Å². The first-order valence-electron chi connectivity index (χ1n) is 4.36. The number of hydrogen-bond acceptors (Lipinski definition) is 3. The molecule has 0 saturated carbocycles. The molecular weight excluding hydrogens is 258 g/mol. The Bertz CT molecular complexity index is 464. The van der Waals surface area contributed by atoms with Gasteiger partial charge in [0.2, 0.25) is 5.88 Å². The third kappa shape index (κ3) is 1.97. The van der Waals surface area contributed by atoms with E-state index in [1.165, 1.54) is 0 Å². The first-order valence-corrected chi connectivity index (χ1v) is 5.15. The number of halogens is 1. The molecule has 0 radical (unpaired) electrons. The number of hydrogen-bond donors (Lipinski definition) is 1. The van der Waals surface area contributed by atoms with Crippen LogP contribution in [0.15, 0.2) is 34.8 Å². The zero-order valence-electron chi connectivity index (χ0n) is 8.14. The van der Waals surface area contributed by atoms with Crippen LogP contribution >= 0.6 is 15.9 Å². The second kappa shape index (κ2) is 3.94. The van der Waals surface area contributed by atoms with Crippen LogP contribution in [0.4, 0.5) is 5.82 Å². The van der Waals surface area contributed by atoms with Gasteiger partial charge in [0.15, 0.2) is 0 Å². The van der Waals surface area contributed by atoms with E-state index in [4.69, 9.17) is 10.5 Å². The van der Waals surface area contributed by atoms with Crippen LogP contribution in [-0.4, -0.2) is 16.9 Å². The van der Waals surface area contributed by atoms with E-state index >= 15 is 0 Å². The van der Waals surface area contributed by atoms with Crippen molar-refractivity contribution in [2.75, 3.05) is 12.8 Å². The average Bonchev–Trinajstić information content (AvgIpc) is 2.61. The minimum atomic E-state index is 0.510. The van der Waals surface area contributed by atoms with Gasteiger partial charge in [-0.15, -0.1) is 5.10 Å². The first kappa shape index (κ1) is 10.0. The molecule has 1 aromatic carbocycles. The minimum Gasteiger partial charge on any atom is -0.480 e. The van der Waals surface area contributed by atoms with Crippen LogP contribution in [0.3, 0.4) is 0 Å². The Balaban J connectivity index is 2.44. The van der Waals surface area contributed by atoms with Crippen LogP contribution in [0.1, 0.15) is 0 Å². The van der Waals surface area contributed by atoms with Gasteiger partial charge in [-0.3, -0.25) is 0 Å². The fourth-order valence-corrected chi connectivity index (χ4v) is 1.53. The molecule has 1 heterocycles. The number of benzene rings is 1. The second-order valence-electron chi connectivity index (χ2n) is 3.00. The molecular formula is C10H10BrN3O. The number of rotatable bonds is 2. The molecule has 0 aliphatic heterocycles. The summed E-state index contributed by atoms with van der Waals surface area (Å²) in [5, 5.41) is 4.18. The maximum atomic E-state index is 5.80. The Labute approximate surface area is 95.8 Å². The highest BCUT2D eigenvalue weighted by atomic mass is 79.9. The Morgan fingerprint density at radius 1 is 1.33 bits per heavy atom. The molecule has 78 valence electrons. The summed E-state index contributed by atoms with van der Waals surface area (Å²) >= 11 is 3.37. The Hall–Kier alpha value is -1.49. The molecule has 1 aromatic heterocycles. The molecule has 2 rings (SSSR count). The third-order valence-electron chi connectivity index (χ3n) is 1.99. The van der Waals surface area contributed by atoms with Crippen LogP contribution in [-0.2, 0) is 0 Å². The number of aromatic nitrogens is 2. The van der Waals surface area contributed by atoms with Crippen LogP contribution in [0.5, 0.6) is 5.88 Å². The van der Waals surface area contributed by atoms with Gasteiger partial charge in [0, 0.05) is 10.5 Å². The quantitative estimate of drug-likeness (QED) is 0.908. The van der Waals surface area contributed by atoms with Crippen molar-refractivity contribution >= 4 is 21.7 Å². The van der Waals surface area contributed by atoms with Crippen molar-refractivity contribution in [2.24, 2.45) is 0 Å². The van der Waals surface area contributed by atoms with Gasteiger partial charge in [0.05, 0.1) is 12.8 Å². The van der Waals surface area contributed by atoms with Gasteiger partial charge < -0.3 is 10.5 Å². The van der Waals surface area contributed by atoms with E-state index in [1.54, 1.807) is 17.9 Å². The molecule has 15 heavy (non-hydrogen) atoms. The van der Waals surface area contributed by atoms with E-state index in [-0.39, 0.29) is 0 Å². The fourth-order valence-electron chi connectivity index (χ4n) is 1.26. The van der Waals surface area contributed by atoms with Gasteiger partial charge in [-0.1, -0.05) is 15.9 Å². The molecule has 2 N–H and O–H groups in total. The largest absolute Gasteiger partial charge is 0.480 e. The smallest absolute Gasteiger partial charge is 0.235 e. The summed E-state index contributed by atoms with van der Waals surface area (Å²) in [5.41, 5.74) is 6.70. The van der Waals surface area contributed by atoms with Gasteiger partial charge in [0.1, 0.15) is 5.82 Å². The van der Waals surface area contributed by atoms with E-state index < -0.39 is 0 Å². The summed E-state index contributed by atoms with van der Waals surface area (Å²) in [4.78, 5) is 0. The topological polar surface area (TPSA) is 53.1 Å². The lowest BCUT2D eigenvalue weighted by atomic mass is 10.3. The number of nitrogens with zero attached hydrogens (tertiary/aromatic N) is 2. The Morgan fingerprint density at radius 2 is 2.00 bits per heavy atom. The summed E-state index contributed by atoms with van der Waals surface area (Å²) in [6, 6.07) is 9.40. The molecule has 0 amide bonds. The highest BCUT2D eigenvalue weighted by Gasteiger charge is 2.06. The van der Waals surface area contributed by atoms with Crippen LogP contribution in [0.25, 0.3) is 5.69 Å². The monoisotopic (exact) mass is 267 g/mol. The van der Waals surface area contributed by atoms with E-state index in [1.807, 2.05) is 24.3 Å². The van der Waals surface area contributed by atoms with E-state index in [0.29, 0.717) is 11.7 Å². The molecule has 0 saturated heterocycles. The van der Waals surface area contributed by atoms with E-state index in [2.05, 4.69) is 21.0 Å². The minimum absolute atomic E-state index is 0.510. The third-order valence-corrected chi connectivity index (χ3v) is 2.52. The summed E-state index contributed by atoms with van der Waals surface area (Å²) in [6.07, 6.45) is 0. The van der Waals surface area contributed by atoms with Crippen molar-refractivity contribution < 1.29 is 4.74 Å². The highest BCUT2D eigenvalue weighted by Crippen LogP contribution is 2.20. The molecule has 0 atom stereocenters. The second-order valence-corrected chi connectivity index (χ2v) is 3.92. The SMILES string of the molecule is COc1cc(N)n(-c2ccc(Br)cc2)n1. The standard InChI is InChI=1S/C10H10BrN3O/c1-15-10-6-9(12)14(13-10)8-4-2-7(11)3-5-8/h2-6H,12H2,1H3. The van der Waals surface area contributed by atoms with Crippen molar-refractivity contribution in [3.8, 4) is 11.6 Å². The maximum absolute atomic E-state index is 5.80. The summed E-state index contributed by atoms with van der Waals surface area (Å²) in [7, 11) is 1.56. The molecule has 0 fully saturated rings. The zero-order valence-corrected chi connectivity index (χ0v) is 9.73. The molecule has 0 spiro atoms. The van der Waals surface area contributed by atoms with Crippen LogP contribution < -0.4 is 10.5 Å². The lowest BCUT2D eigenvalue weighted by Gasteiger charge is -2.02. The normalized spacial score (nSPS) is 10.3. The van der Waals surface area contributed by atoms with Crippen molar-refractivity contribution in [1.29, 1.82) is 0 Å². The highest BCUT2D eigenvalue weighted by molar-refractivity contribution is 9.10. The fraction of sp³-hybridized carbons (Fsp3) is 0.100. The Kier molecular flexibility index (Phi) is 2.64. The molecule has 0 aliphatic rings. The lowest BCUT2D eigenvalue weighted by Crippen LogP contribution is -2.01. The molecule has 5 heteroatoms. The molecule has 0 aliphatic carbocycles. The summed E-state index contributed by atoms with van der Waals surface area (Å²) in [6.45, 7) is 0. The van der Waals surface area contributed by atoms with E-state index in [9.17, 15) is 0 Å². The number of nitrogen functional groups attached to an aromatic ring is 1. The van der Waals surface area contributed by atoms with Crippen molar-refractivity contribution in [3.05, 3.63) is 34.8 Å². The van der Waals surface area contributed by atoms with Crippen LogP contribution in [0, 0.1) is 0 Å². The average molecular weight is 268 g/mol. The lowest BCUT2D eigenvalue weighted by molar-refractivity contribution is 0.394. The van der Waals surface area contributed by atoms with Gasteiger partial charge in [-0.2, -0.15) is 0 Å². The predicted octanol–water partition coefficient (Wildman–Crippen LogP) is 2.23. The van der Waals surface area contributed by atoms with Crippen molar-refractivity contribution in [1.82, 2.24) is 9.78 Å². The van der Waals surface area contributed by atoms with Gasteiger partial charge in [0.25, 0.3) is 0 Å². The number of nitrogens with two attached hydrogens (primary N) is 1. The van der Waals surface area contributed by atoms with Crippen molar-refractivity contribution in [2.45, 2.75) is 0 Å². The summed E-state index contributed by atoms with van der Waals surface area (Å²) in [5.74, 6) is 1.06. The molecule has 0 bridgehead atoms. The Morgan fingerprint density at radius 3 is 2.53 bits per heavy atom. The van der Waals surface area contributed by atoms with Gasteiger partial charge >= 0.3 is 0 Å². The summed E-state index contributed by atoms with van der Waals surface area (Å²) < 4.78 is 7.65. The number of anilines is 1. The molecule has 4 nitrogen and oxygen atoms in total. The zero-order chi connectivity index (χ0) is 10.8. The van der Waals surface area contributed by atoms with Crippen LogP contribution in [0.2, 0.25) is 0 Å². The predicted molar refractivity (Wildman–Crippen MR) is 62.2 cm³/mol. The number of methoxy groups -OCH3 is 1. The van der Waals surface area contributed by atoms with Gasteiger partial charge in [-0.05, 0) is 24.3 Å². The van der Waals surface area contributed by atoms with Gasteiger partial charge in [-0.25, -0.2) is 4.68 Å². The molecule has 2 aromatic rings. The van der Waals surface area contributed by atoms with E-state index in [0.717, 1.165) is 10.2 Å². The first-order chi connectivity index (χ1) is 7.20. The molecule has 0 unspecified atom stereocenters.